The van der Waals surface area contributed by atoms with Crippen molar-refractivity contribution < 1.29 is 4.79 Å². The maximum absolute atomic E-state index is 11.1. The fraction of sp³-hybridized carbons (Fsp3) is 0.545. The maximum atomic E-state index is 11.1. The fourth-order valence-corrected chi connectivity index (χ4v) is 1.30. The Bertz CT molecular complexity index is 251. The first-order valence-electron chi connectivity index (χ1n) is 4.35. The van der Waals surface area contributed by atoms with E-state index in [2.05, 4.69) is 26.8 Å². The Kier molecular flexibility index (Phi) is 2.22. The summed E-state index contributed by atoms with van der Waals surface area (Å²) in [5.41, 5.74) is 1.32. The van der Waals surface area contributed by atoms with Crippen molar-refractivity contribution in [3.05, 3.63) is 23.8 Å². The van der Waals surface area contributed by atoms with E-state index < -0.39 is 0 Å². The standard InChI is InChI=1S/C11H16O/c1-8-9(5-6-10(8)12)7-11(2,3)4/h5-8H,1-4H3/b9-7+. The zero-order valence-electron chi connectivity index (χ0n) is 8.22. The molecular weight excluding hydrogens is 148 g/mol. The Balaban J connectivity index is 2.86. The molecule has 0 amide bonds. The SMILES string of the molecule is CC1C(=O)C=C/C1=C\C(C)(C)C. The second-order valence-electron chi connectivity index (χ2n) is 4.47. The van der Waals surface area contributed by atoms with E-state index >= 15 is 0 Å². The number of hydrogen-bond acceptors (Lipinski definition) is 1. The van der Waals surface area contributed by atoms with Crippen LogP contribution in [0.1, 0.15) is 27.7 Å². The van der Waals surface area contributed by atoms with E-state index in [1.54, 1.807) is 6.08 Å². The summed E-state index contributed by atoms with van der Waals surface area (Å²) in [7, 11) is 0. The van der Waals surface area contributed by atoms with Crippen LogP contribution < -0.4 is 0 Å². The normalized spacial score (nSPS) is 27.2. The van der Waals surface area contributed by atoms with Gasteiger partial charge in [-0.1, -0.05) is 39.8 Å². The largest absolute Gasteiger partial charge is 0.294 e. The van der Waals surface area contributed by atoms with E-state index in [1.165, 1.54) is 0 Å². The van der Waals surface area contributed by atoms with Gasteiger partial charge in [-0.05, 0) is 17.1 Å². The summed E-state index contributed by atoms with van der Waals surface area (Å²) in [6.07, 6.45) is 5.76. The summed E-state index contributed by atoms with van der Waals surface area (Å²) in [6, 6.07) is 0. The van der Waals surface area contributed by atoms with Crippen molar-refractivity contribution in [1.82, 2.24) is 0 Å². The van der Waals surface area contributed by atoms with Crippen molar-refractivity contribution >= 4 is 5.78 Å². The smallest absolute Gasteiger partial charge is 0.162 e. The Hall–Kier alpha value is -0.850. The zero-order valence-corrected chi connectivity index (χ0v) is 8.22. The molecule has 1 atom stereocenters. The molecule has 0 aromatic rings. The minimum atomic E-state index is 0.0734. The Labute approximate surface area is 74.2 Å². The van der Waals surface area contributed by atoms with Crippen molar-refractivity contribution in [2.24, 2.45) is 11.3 Å². The third kappa shape index (κ3) is 2.07. The number of hydrogen-bond donors (Lipinski definition) is 0. The molecule has 12 heavy (non-hydrogen) atoms. The van der Waals surface area contributed by atoms with Crippen LogP contribution in [0.15, 0.2) is 23.8 Å². The molecule has 0 N–H and O–H groups in total. The lowest BCUT2D eigenvalue weighted by molar-refractivity contribution is -0.116. The van der Waals surface area contributed by atoms with Crippen LogP contribution in [0.2, 0.25) is 0 Å². The van der Waals surface area contributed by atoms with E-state index in [-0.39, 0.29) is 17.1 Å². The Morgan fingerprint density at radius 3 is 2.25 bits per heavy atom. The Morgan fingerprint density at radius 2 is 1.92 bits per heavy atom. The van der Waals surface area contributed by atoms with Gasteiger partial charge in [-0.25, -0.2) is 0 Å². The van der Waals surface area contributed by atoms with Crippen molar-refractivity contribution in [3.63, 3.8) is 0 Å². The predicted molar refractivity (Wildman–Crippen MR) is 50.8 cm³/mol. The third-order valence-electron chi connectivity index (χ3n) is 1.97. The van der Waals surface area contributed by atoms with Gasteiger partial charge in [0.05, 0.1) is 0 Å². The van der Waals surface area contributed by atoms with Gasteiger partial charge in [0.15, 0.2) is 5.78 Å². The van der Waals surface area contributed by atoms with Crippen LogP contribution in [0.5, 0.6) is 0 Å². The monoisotopic (exact) mass is 164 g/mol. The van der Waals surface area contributed by atoms with E-state index in [0.29, 0.717) is 0 Å². The molecule has 0 aliphatic heterocycles. The van der Waals surface area contributed by atoms with Crippen molar-refractivity contribution in [2.75, 3.05) is 0 Å². The van der Waals surface area contributed by atoms with Gasteiger partial charge in [-0.2, -0.15) is 0 Å². The van der Waals surface area contributed by atoms with Gasteiger partial charge in [-0.15, -0.1) is 0 Å². The number of carbonyl (C=O) groups excluding carboxylic acids is 1. The van der Waals surface area contributed by atoms with Crippen LogP contribution >= 0.6 is 0 Å². The highest BCUT2D eigenvalue weighted by Gasteiger charge is 2.21. The topological polar surface area (TPSA) is 17.1 Å². The third-order valence-corrected chi connectivity index (χ3v) is 1.97. The molecule has 1 heteroatoms. The lowest BCUT2D eigenvalue weighted by Gasteiger charge is -2.14. The second kappa shape index (κ2) is 2.89. The van der Waals surface area contributed by atoms with E-state index in [0.717, 1.165) is 5.57 Å². The molecule has 0 heterocycles. The van der Waals surface area contributed by atoms with Crippen molar-refractivity contribution in [2.45, 2.75) is 27.7 Å². The van der Waals surface area contributed by atoms with Crippen molar-refractivity contribution in [1.29, 1.82) is 0 Å². The van der Waals surface area contributed by atoms with E-state index in [9.17, 15) is 4.79 Å². The van der Waals surface area contributed by atoms with Crippen LogP contribution in [0.25, 0.3) is 0 Å². The lowest BCUT2D eigenvalue weighted by Crippen LogP contribution is -2.07. The van der Waals surface area contributed by atoms with Crippen LogP contribution in [0.4, 0.5) is 0 Å². The van der Waals surface area contributed by atoms with Gasteiger partial charge in [0.25, 0.3) is 0 Å². The van der Waals surface area contributed by atoms with Gasteiger partial charge in [0.1, 0.15) is 0 Å². The fourth-order valence-electron chi connectivity index (χ4n) is 1.30. The molecule has 1 aliphatic carbocycles. The maximum Gasteiger partial charge on any atom is 0.162 e. The number of rotatable bonds is 0. The molecule has 0 saturated carbocycles. The quantitative estimate of drug-likeness (QED) is 0.538. The van der Waals surface area contributed by atoms with Gasteiger partial charge in [0.2, 0.25) is 0 Å². The molecule has 0 saturated heterocycles. The molecule has 1 rings (SSSR count). The minimum Gasteiger partial charge on any atom is -0.294 e. The molecule has 66 valence electrons. The first-order chi connectivity index (χ1) is 5.40. The highest BCUT2D eigenvalue weighted by Crippen LogP contribution is 2.26. The predicted octanol–water partition coefficient (Wildman–Crippen LogP) is 2.73. The van der Waals surface area contributed by atoms with Crippen molar-refractivity contribution in [3.8, 4) is 0 Å². The number of allylic oxidation sites excluding steroid dienone is 4. The zero-order chi connectivity index (χ0) is 9.35. The lowest BCUT2D eigenvalue weighted by atomic mass is 9.90. The Morgan fingerprint density at radius 1 is 1.33 bits per heavy atom. The first-order valence-corrected chi connectivity index (χ1v) is 4.35. The summed E-state index contributed by atoms with van der Waals surface area (Å²) in [6.45, 7) is 8.38. The molecule has 0 spiro atoms. The number of ketones is 1. The van der Waals surface area contributed by atoms with E-state index in [4.69, 9.17) is 0 Å². The molecule has 0 aromatic heterocycles. The van der Waals surface area contributed by atoms with Crippen LogP contribution in [0.3, 0.4) is 0 Å². The highest BCUT2D eigenvalue weighted by molar-refractivity contribution is 5.97. The summed E-state index contributed by atoms with van der Waals surface area (Å²) in [4.78, 5) is 11.1. The highest BCUT2D eigenvalue weighted by atomic mass is 16.1. The van der Waals surface area contributed by atoms with Crippen LogP contribution in [-0.2, 0) is 4.79 Å². The average molecular weight is 164 g/mol. The molecule has 1 nitrogen and oxygen atoms in total. The molecule has 0 aromatic carbocycles. The molecule has 0 fully saturated rings. The second-order valence-corrected chi connectivity index (χ2v) is 4.47. The molecule has 0 radical (unpaired) electrons. The molecule has 0 bridgehead atoms. The average Bonchev–Trinajstić information content (AvgIpc) is 2.16. The van der Waals surface area contributed by atoms with Gasteiger partial charge < -0.3 is 0 Å². The van der Waals surface area contributed by atoms with Gasteiger partial charge >= 0.3 is 0 Å². The molecular formula is C11H16O. The van der Waals surface area contributed by atoms with E-state index in [1.807, 2.05) is 13.0 Å². The summed E-state index contributed by atoms with van der Waals surface area (Å²) in [5, 5.41) is 0. The van der Waals surface area contributed by atoms with Crippen LogP contribution in [0, 0.1) is 11.3 Å². The minimum absolute atomic E-state index is 0.0734. The van der Waals surface area contributed by atoms with Gasteiger partial charge in [-0.3, -0.25) is 4.79 Å². The first kappa shape index (κ1) is 9.24. The molecule has 1 unspecified atom stereocenters. The van der Waals surface area contributed by atoms with Gasteiger partial charge in [0, 0.05) is 5.92 Å². The summed E-state index contributed by atoms with van der Waals surface area (Å²) in [5.74, 6) is 0.301. The van der Waals surface area contributed by atoms with Crippen LogP contribution in [-0.4, -0.2) is 5.78 Å². The molecule has 1 aliphatic rings. The summed E-state index contributed by atoms with van der Waals surface area (Å²) >= 11 is 0. The summed E-state index contributed by atoms with van der Waals surface area (Å²) < 4.78 is 0. The number of carbonyl (C=O) groups is 1.